The van der Waals surface area contributed by atoms with E-state index in [1.807, 2.05) is 0 Å². The summed E-state index contributed by atoms with van der Waals surface area (Å²) in [6.45, 7) is -0.156. The number of nitro benzene ring substituents is 1. The Balaban J connectivity index is 1.64. The standard InChI is InChI=1S/C24H13Cl2F3N2O5S/c25-16-5-3-6-17(26)15(16)12-30-22(32)21(37-23(30)33)10-13-4-1-2-7-19(13)36-20-9-8-14(24(27,28)29)11-18(20)31(34)35/h1-11H,12H2/b21-10+. The largest absolute Gasteiger partial charge is 0.449 e. The second-order valence-electron chi connectivity index (χ2n) is 7.55. The van der Waals surface area contributed by atoms with Gasteiger partial charge >= 0.3 is 11.9 Å². The number of nitro groups is 1. The van der Waals surface area contributed by atoms with Gasteiger partial charge in [0.15, 0.2) is 0 Å². The van der Waals surface area contributed by atoms with E-state index in [1.54, 1.807) is 24.3 Å². The van der Waals surface area contributed by atoms with Gasteiger partial charge in [0, 0.05) is 27.2 Å². The predicted octanol–water partition coefficient (Wildman–Crippen LogP) is 7.95. The van der Waals surface area contributed by atoms with E-state index in [4.69, 9.17) is 27.9 Å². The van der Waals surface area contributed by atoms with Crippen molar-refractivity contribution in [2.45, 2.75) is 12.7 Å². The summed E-state index contributed by atoms with van der Waals surface area (Å²) in [5.41, 5.74) is -1.43. The first-order chi connectivity index (χ1) is 17.5. The van der Waals surface area contributed by atoms with Crippen LogP contribution in [0.15, 0.2) is 65.6 Å². The van der Waals surface area contributed by atoms with Crippen LogP contribution in [0, 0.1) is 10.1 Å². The minimum Gasteiger partial charge on any atom is -0.449 e. The molecule has 1 fully saturated rings. The third-order valence-electron chi connectivity index (χ3n) is 5.16. The highest BCUT2D eigenvalue weighted by molar-refractivity contribution is 8.18. The molecule has 37 heavy (non-hydrogen) atoms. The molecule has 0 bridgehead atoms. The van der Waals surface area contributed by atoms with E-state index in [9.17, 15) is 32.9 Å². The molecule has 1 heterocycles. The summed E-state index contributed by atoms with van der Waals surface area (Å²) < 4.78 is 44.6. The summed E-state index contributed by atoms with van der Waals surface area (Å²) in [6, 6.07) is 12.7. The number of hydrogen-bond acceptors (Lipinski definition) is 6. The average Bonchev–Trinajstić information content (AvgIpc) is 3.09. The number of alkyl halides is 3. The number of ether oxygens (including phenoxy) is 1. The topological polar surface area (TPSA) is 89.7 Å². The quantitative estimate of drug-likeness (QED) is 0.170. The van der Waals surface area contributed by atoms with Crippen molar-refractivity contribution in [2.24, 2.45) is 0 Å². The van der Waals surface area contributed by atoms with Gasteiger partial charge in [-0.05, 0) is 48.2 Å². The van der Waals surface area contributed by atoms with E-state index in [-0.39, 0.29) is 32.8 Å². The number of hydrogen-bond donors (Lipinski definition) is 0. The Bertz CT molecular complexity index is 1440. The van der Waals surface area contributed by atoms with Gasteiger partial charge in [-0.1, -0.05) is 47.5 Å². The van der Waals surface area contributed by atoms with E-state index in [0.29, 0.717) is 29.5 Å². The number of rotatable bonds is 6. The first kappa shape index (κ1) is 26.5. The molecule has 0 atom stereocenters. The molecule has 2 amide bonds. The van der Waals surface area contributed by atoms with E-state index in [2.05, 4.69) is 0 Å². The van der Waals surface area contributed by atoms with Crippen LogP contribution in [-0.2, 0) is 17.5 Å². The van der Waals surface area contributed by atoms with Crippen LogP contribution in [-0.4, -0.2) is 21.0 Å². The number of benzene rings is 3. The van der Waals surface area contributed by atoms with Crippen LogP contribution >= 0.6 is 35.0 Å². The Labute approximate surface area is 221 Å². The van der Waals surface area contributed by atoms with Gasteiger partial charge in [0.25, 0.3) is 11.1 Å². The summed E-state index contributed by atoms with van der Waals surface area (Å²) in [5, 5.41) is 11.4. The summed E-state index contributed by atoms with van der Waals surface area (Å²) in [7, 11) is 0. The van der Waals surface area contributed by atoms with E-state index >= 15 is 0 Å². The lowest BCUT2D eigenvalue weighted by atomic mass is 10.1. The van der Waals surface area contributed by atoms with Gasteiger partial charge in [0.1, 0.15) is 5.75 Å². The molecule has 190 valence electrons. The third-order valence-corrected chi connectivity index (χ3v) is 6.78. The van der Waals surface area contributed by atoms with Crippen molar-refractivity contribution < 1.29 is 32.4 Å². The van der Waals surface area contributed by atoms with Crippen LogP contribution in [0.25, 0.3) is 6.08 Å². The maximum atomic E-state index is 13.0. The molecular weight excluding hydrogens is 556 g/mol. The molecule has 0 spiro atoms. The normalized spacial score (nSPS) is 14.9. The van der Waals surface area contributed by atoms with Crippen molar-refractivity contribution >= 4 is 57.9 Å². The van der Waals surface area contributed by atoms with E-state index in [1.165, 1.54) is 24.3 Å². The predicted molar refractivity (Wildman–Crippen MR) is 133 cm³/mol. The van der Waals surface area contributed by atoms with Crippen molar-refractivity contribution in [2.75, 3.05) is 0 Å². The van der Waals surface area contributed by atoms with Crippen molar-refractivity contribution in [1.29, 1.82) is 0 Å². The van der Waals surface area contributed by atoms with Crippen LogP contribution in [0.1, 0.15) is 16.7 Å². The molecule has 13 heteroatoms. The molecule has 3 aromatic carbocycles. The molecule has 1 saturated heterocycles. The zero-order valence-electron chi connectivity index (χ0n) is 18.3. The lowest BCUT2D eigenvalue weighted by Crippen LogP contribution is -2.27. The van der Waals surface area contributed by atoms with Gasteiger partial charge in [-0.2, -0.15) is 13.2 Å². The number of para-hydroxylation sites is 1. The molecule has 0 aliphatic carbocycles. The lowest BCUT2D eigenvalue weighted by Gasteiger charge is -2.14. The Morgan fingerprint density at radius 2 is 1.68 bits per heavy atom. The smallest absolute Gasteiger partial charge is 0.416 e. The molecule has 0 aromatic heterocycles. The Morgan fingerprint density at radius 3 is 2.32 bits per heavy atom. The fourth-order valence-electron chi connectivity index (χ4n) is 3.35. The Hall–Kier alpha value is -3.54. The molecule has 0 saturated carbocycles. The fourth-order valence-corrected chi connectivity index (χ4v) is 4.70. The fraction of sp³-hybridized carbons (Fsp3) is 0.0833. The summed E-state index contributed by atoms with van der Waals surface area (Å²) in [6.07, 6.45) is -3.43. The zero-order valence-corrected chi connectivity index (χ0v) is 20.6. The van der Waals surface area contributed by atoms with Gasteiger partial charge in [-0.25, -0.2) is 0 Å². The SMILES string of the molecule is O=C1S/C(=C/c2ccccc2Oc2ccc(C(F)(F)F)cc2[N+](=O)[O-])C(=O)N1Cc1c(Cl)cccc1Cl. The Kier molecular flexibility index (Phi) is 7.49. The lowest BCUT2D eigenvalue weighted by molar-refractivity contribution is -0.385. The number of thioether (sulfide) groups is 1. The first-order valence-electron chi connectivity index (χ1n) is 10.3. The second kappa shape index (κ2) is 10.4. The zero-order chi connectivity index (χ0) is 26.9. The molecule has 1 aliphatic heterocycles. The molecule has 3 aromatic rings. The van der Waals surface area contributed by atoms with Crippen molar-refractivity contribution in [3.63, 3.8) is 0 Å². The highest BCUT2D eigenvalue weighted by Gasteiger charge is 2.36. The monoisotopic (exact) mass is 568 g/mol. The number of carbonyl (C=O) groups excluding carboxylic acids is 2. The highest BCUT2D eigenvalue weighted by atomic mass is 35.5. The number of imide groups is 1. The molecular formula is C24H13Cl2F3N2O5S. The summed E-state index contributed by atoms with van der Waals surface area (Å²) in [4.78, 5) is 37.0. The number of carbonyl (C=O) groups is 2. The summed E-state index contributed by atoms with van der Waals surface area (Å²) in [5.74, 6) is -1.03. The van der Waals surface area contributed by atoms with Crippen molar-refractivity contribution in [3.05, 3.63) is 102 Å². The van der Waals surface area contributed by atoms with Gasteiger partial charge in [0.2, 0.25) is 5.75 Å². The van der Waals surface area contributed by atoms with Gasteiger partial charge in [-0.3, -0.25) is 24.6 Å². The molecule has 4 rings (SSSR count). The molecule has 0 N–H and O–H groups in total. The van der Waals surface area contributed by atoms with Crippen molar-refractivity contribution in [3.8, 4) is 11.5 Å². The van der Waals surface area contributed by atoms with E-state index in [0.717, 1.165) is 11.0 Å². The van der Waals surface area contributed by atoms with Crippen LogP contribution in [0.5, 0.6) is 11.5 Å². The van der Waals surface area contributed by atoms with Crippen LogP contribution in [0.2, 0.25) is 10.0 Å². The minimum absolute atomic E-state index is 0.0197. The maximum absolute atomic E-state index is 13.0. The van der Waals surface area contributed by atoms with Crippen LogP contribution in [0.3, 0.4) is 0 Å². The van der Waals surface area contributed by atoms with Crippen molar-refractivity contribution in [1.82, 2.24) is 4.90 Å². The molecule has 7 nitrogen and oxygen atoms in total. The average molecular weight is 569 g/mol. The third kappa shape index (κ3) is 5.74. The van der Waals surface area contributed by atoms with Crippen LogP contribution in [0.4, 0.5) is 23.7 Å². The highest BCUT2D eigenvalue weighted by Crippen LogP contribution is 2.40. The van der Waals surface area contributed by atoms with Crippen LogP contribution < -0.4 is 4.74 Å². The molecule has 1 aliphatic rings. The summed E-state index contributed by atoms with van der Waals surface area (Å²) >= 11 is 13.0. The van der Waals surface area contributed by atoms with Gasteiger partial charge in [0.05, 0.1) is 21.9 Å². The first-order valence-corrected chi connectivity index (χ1v) is 11.8. The number of nitrogens with zero attached hydrogens (tertiary/aromatic N) is 2. The minimum atomic E-state index is -4.78. The maximum Gasteiger partial charge on any atom is 0.416 e. The number of amides is 2. The Morgan fingerprint density at radius 1 is 1.00 bits per heavy atom. The molecule has 0 unspecified atom stereocenters. The van der Waals surface area contributed by atoms with Gasteiger partial charge in [-0.15, -0.1) is 0 Å². The number of halogens is 5. The molecule has 0 radical (unpaired) electrons. The second-order valence-corrected chi connectivity index (χ2v) is 9.35. The van der Waals surface area contributed by atoms with E-state index < -0.39 is 39.2 Å². The van der Waals surface area contributed by atoms with Gasteiger partial charge < -0.3 is 4.74 Å².